The second-order valence-corrected chi connectivity index (χ2v) is 23.0. The lowest BCUT2D eigenvalue weighted by molar-refractivity contribution is -0.184. The third-order valence-electron chi connectivity index (χ3n) is 15.5. The largest absolute Gasteiger partial charge is 0.493 e. The Balaban J connectivity index is 1.02. The molecule has 4 saturated heterocycles. The zero-order valence-corrected chi connectivity index (χ0v) is 48.9. The Bertz CT molecular complexity index is 2480. The van der Waals surface area contributed by atoms with Crippen LogP contribution in [0.3, 0.4) is 0 Å². The number of benzene rings is 4. The fourth-order valence-electron chi connectivity index (χ4n) is 10.8. The molecule has 0 saturated carbocycles. The van der Waals surface area contributed by atoms with Crippen LogP contribution in [0.15, 0.2) is 97.1 Å². The van der Waals surface area contributed by atoms with E-state index in [1.807, 2.05) is 27.7 Å². The molecule has 0 radical (unpaired) electrons. The Morgan fingerprint density at radius 1 is 0.524 bits per heavy atom. The van der Waals surface area contributed by atoms with Crippen LogP contribution in [0.1, 0.15) is 114 Å². The van der Waals surface area contributed by atoms with Gasteiger partial charge in [0.05, 0.1) is 39.6 Å². The van der Waals surface area contributed by atoms with Crippen molar-refractivity contribution < 1.29 is 76.1 Å². The van der Waals surface area contributed by atoms with Gasteiger partial charge in [0.2, 0.25) is 12.2 Å². The minimum Gasteiger partial charge on any atom is -0.493 e. The van der Waals surface area contributed by atoms with E-state index < -0.39 is 59.8 Å². The molecule has 4 heterocycles. The lowest BCUT2D eigenvalue weighted by Gasteiger charge is -2.40. The number of rotatable bonds is 29. The topological polar surface area (TPSA) is 196 Å². The smallest absolute Gasteiger partial charge is 0.339 e. The molecule has 84 heavy (non-hydrogen) atoms. The summed E-state index contributed by atoms with van der Waals surface area (Å²) in [6, 6.07) is 23.6. The molecule has 0 bridgehead atoms. The number of hydrogen-bond acceptors (Lipinski definition) is 16. The molecule has 4 aromatic rings. The van der Waals surface area contributed by atoms with E-state index in [2.05, 4.69) is 9.80 Å². The number of likely N-dealkylation sites (tertiary alicyclic amines) is 2. The van der Waals surface area contributed by atoms with Crippen molar-refractivity contribution in [1.82, 2.24) is 19.6 Å². The average molecular weight is 1170 g/mol. The molecule has 458 valence electrons. The van der Waals surface area contributed by atoms with Crippen LogP contribution in [0.2, 0.25) is 0 Å². The summed E-state index contributed by atoms with van der Waals surface area (Å²) in [5, 5.41) is 23.3. The number of carbonyl (C=O) groups excluding carboxylic acids is 4. The van der Waals surface area contributed by atoms with E-state index in [0.717, 1.165) is 38.8 Å². The summed E-state index contributed by atoms with van der Waals surface area (Å²) in [6.07, 6.45) is -3.62. The number of ether oxygens (including phenoxy) is 8. The van der Waals surface area contributed by atoms with Crippen molar-refractivity contribution in [2.24, 2.45) is 11.8 Å². The number of amides is 2. The first-order valence-corrected chi connectivity index (χ1v) is 29.8. The van der Waals surface area contributed by atoms with Crippen molar-refractivity contribution in [3.8, 4) is 11.5 Å². The summed E-state index contributed by atoms with van der Waals surface area (Å²) in [5.74, 6) is -3.87. The summed E-state index contributed by atoms with van der Waals surface area (Å²) in [6.45, 7) is 15.4. The van der Waals surface area contributed by atoms with Crippen LogP contribution in [0, 0.1) is 23.5 Å². The summed E-state index contributed by atoms with van der Waals surface area (Å²) in [5.41, 5.74) is 1.65. The molecule has 4 unspecified atom stereocenters. The molecule has 4 atom stereocenters. The highest BCUT2D eigenvalue weighted by atomic mass is 19.1. The predicted octanol–water partition coefficient (Wildman–Crippen LogP) is 7.92. The highest BCUT2D eigenvalue weighted by molar-refractivity contribution is 5.91. The molecule has 18 nitrogen and oxygen atoms in total. The van der Waals surface area contributed by atoms with Gasteiger partial charge in [-0.25, -0.2) is 18.4 Å². The van der Waals surface area contributed by atoms with E-state index in [9.17, 15) is 28.6 Å². The van der Waals surface area contributed by atoms with Crippen molar-refractivity contribution in [3.05, 3.63) is 131 Å². The Kier molecular flexibility index (Phi) is 24.2. The first kappa shape index (κ1) is 63.9. The predicted molar refractivity (Wildman–Crippen MR) is 306 cm³/mol. The number of esters is 2. The molecular formula is C64H84F2N4O14. The number of carbonyl (C=O) groups is 4. The van der Waals surface area contributed by atoms with E-state index in [4.69, 9.17) is 37.9 Å². The van der Waals surface area contributed by atoms with E-state index in [0.29, 0.717) is 114 Å². The second-order valence-electron chi connectivity index (χ2n) is 23.0. The monoisotopic (exact) mass is 1170 g/mol. The Labute approximate surface area is 492 Å². The van der Waals surface area contributed by atoms with Gasteiger partial charge in [-0.15, -0.1) is 0 Å². The Hall–Kier alpha value is -6.10. The molecule has 0 aliphatic carbocycles. The van der Waals surface area contributed by atoms with Gasteiger partial charge in [-0.2, -0.15) is 0 Å². The van der Waals surface area contributed by atoms with Crippen LogP contribution in [-0.2, 0) is 60.7 Å². The van der Waals surface area contributed by atoms with Gasteiger partial charge in [0.15, 0.2) is 24.8 Å². The van der Waals surface area contributed by atoms with E-state index in [1.165, 1.54) is 24.3 Å². The first-order chi connectivity index (χ1) is 40.6. The highest BCUT2D eigenvalue weighted by Gasteiger charge is 2.42. The first-order valence-electron chi connectivity index (χ1n) is 29.8. The fourth-order valence-corrected chi connectivity index (χ4v) is 10.8. The molecular weight excluding hydrogens is 1090 g/mol. The molecule has 8 rings (SSSR count). The number of aliphatic hydroxyl groups is 2. The van der Waals surface area contributed by atoms with Crippen LogP contribution >= 0.6 is 0 Å². The van der Waals surface area contributed by atoms with E-state index in [-0.39, 0.29) is 60.7 Å². The summed E-state index contributed by atoms with van der Waals surface area (Å²) in [4.78, 5) is 67.1. The maximum atomic E-state index is 15.3. The molecule has 4 aliphatic rings. The van der Waals surface area contributed by atoms with Crippen LogP contribution in [0.4, 0.5) is 8.78 Å². The van der Waals surface area contributed by atoms with Crippen LogP contribution < -0.4 is 9.47 Å². The van der Waals surface area contributed by atoms with Crippen molar-refractivity contribution in [2.45, 2.75) is 141 Å². The normalized spacial score (nSPS) is 18.4. The molecule has 2 N–H and O–H groups in total. The quantitative estimate of drug-likeness (QED) is 0.0497. The van der Waals surface area contributed by atoms with Gasteiger partial charge in [-0.3, -0.25) is 9.59 Å². The zero-order valence-electron chi connectivity index (χ0n) is 48.9. The fraction of sp³-hybridized carbons (Fsp3) is 0.562. The summed E-state index contributed by atoms with van der Waals surface area (Å²) < 4.78 is 74.7. The zero-order chi connectivity index (χ0) is 59.5. The van der Waals surface area contributed by atoms with E-state index >= 15 is 9.59 Å². The van der Waals surface area contributed by atoms with Gasteiger partial charge in [-0.1, -0.05) is 76.2 Å². The summed E-state index contributed by atoms with van der Waals surface area (Å²) >= 11 is 0. The van der Waals surface area contributed by atoms with Gasteiger partial charge < -0.3 is 67.7 Å². The maximum Gasteiger partial charge on any atom is 0.339 e. The van der Waals surface area contributed by atoms with Crippen molar-refractivity contribution >= 4 is 23.8 Å². The van der Waals surface area contributed by atoms with Gasteiger partial charge in [0.25, 0.3) is 11.8 Å². The lowest BCUT2D eigenvalue weighted by Crippen LogP contribution is -2.50. The Morgan fingerprint density at radius 3 is 1.18 bits per heavy atom. The van der Waals surface area contributed by atoms with Gasteiger partial charge in [0, 0.05) is 62.5 Å². The highest BCUT2D eigenvalue weighted by Crippen LogP contribution is 2.32. The van der Waals surface area contributed by atoms with Crippen molar-refractivity contribution in [1.29, 1.82) is 0 Å². The van der Waals surface area contributed by atoms with Gasteiger partial charge in [0.1, 0.15) is 23.1 Å². The van der Waals surface area contributed by atoms with Gasteiger partial charge in [-0.05, 0) is 136 Å². The standard InChI is InChI=1S/C64H84F2N4O14/c1-43(2)41-81-53-21-13-47(14-22-53)59(61(73)69(39-45-9-17-49(65)18-10-45)51-25-31-67(32-26-51)29-5-7-55-77-35-36-78-55)83-63(75)57(71)58(72)64(76)84-60(48-15-23-54(24-16-48)82-42-44(3)4)62(74)70(40-46-11-19-50(66)20-12-46)52-27-33-68(34-28-52)30-6-8-56-79-37-38-80-56/h9-24,43-44,51-52,55-60,71-72H,5-8,25-42H2,1-4H3. The maximum absolute atomic E-state index is 15.3. The number of hydrogen-bond donors (Lipinski definition) is 2. The SMILES string of the molecule is CC(C)COc1ccc(C(OC(=O)C(O)C(O)C(=O)OC(C(=O)N(Cc2ccc(F)cc2)C2CCN(CCCC3OCCO3)CC2)c2ccc(OCC(C)C)cc2)C(=O)N(Cc2ccc(F)cc2)C2CCN(CCCC3OCCO3)CC2)cc1. The minimum absolute atomic E-state index is 0.0187. The second kappa shape index (κ2) is 31.9. The van der Waals surface area contributed by atoms with Gasteiger partial charge >= 0.3 is 11.9 Å². The molecule has 0 spiro atoms. The Morgan fingerprint density at radius 2 is 0.857 bits per heavy atom. The van der Waals surface area contributed by atoms with Crippen LogP contribution in [0.5, 0.6) is 11.5 Å². The molecule has 20 heteroatoms. The minimum atomic E-state index is -2.61. The molecule has 2 amide bonds. The molecule has 4 fully saturated rings. The third kappa shape index (κ3) is 18.9. The number of nitrogens with zero attached hydrogens (tertiary/aromatic N) is 4. The number of aliphatic hydroxyl groups excluding tert-OH is 2. The molecule has 4 aromatic carbocycles. The molecule has 0 aromatic heterocycles. The third-order valence-corrected chi connectivity index (χ3v) is 15.5. The average Bonchev–Trinajstić information content (AvgIpc) is 3.97. The summed E-state index contributed by atoms with van der Waals surface area (Å²) in [7, 11) is 0. The van der Waals surface area contributed by atoms with E-state index in [1.54, 1.807) is 82.6 Å². The van der Waals surface area contributed by atoms with Crippen molar-refractivity contribution in [2.75, 3.05) is 78.9 Å². The van der Waals surface area contributed by atoms with Crippen molar-refractivity contribution in [3.63, 3.8) is 0 Å². The number of piperidine rings is 2. The molecule has 4 aliphatic heterocycles. The lowest BCUT2D eigenvalue weighted by atomic mass is 9.99. The van der Waals surface area contributed by atoms with Crippen LogP contribution in [0.25, 0.3) is 0 Å². The van der Waals surface area contributed by atoms with Crippen LogP contribution in [-0.4, -0.2) is 169 Å². The number of halogens is 2.